The van der Waals surface area contributed by atoms with Gasteiger partial charge in [0.05, 0.1) is 0 Å². The Morgan fingerprint density at radius 1 is 0.818 bits per heavy atom. The summed E-state index contributed by atoms with van der Waals surface area (Å²) >= 11 is 0.146. The fraction of sp³-hybridized carbons (Fsp3) is 1.00. The molecule has 1 heteroatoms. The molecule has 0 fully saturated rings. The Morgan fingerprint density at radius 2 is 1.36 bits per heavy atom. The Morgan fingerprint density at radius 3 is 1.91 bits per heavy atom. The Balaban J connectivity index is 2.69. The monoisotopic (exact) mass is 262 g/mol. The van der Waals surface area contributed by atoms with Crippen molar-refractivity contribution < 1.29 is 0 Å². The Labute approximate surface area is 82.4 Å². The first kappa shape index (κ1) is 11.8. The van der Waals surface area contributed by atoms with Gasteiger partial charge in [0, 0.05) is 0 Å². The van der Waals surface area contributed by atoms with Gasteiger partial charge < -0.3 is 0 Å². The summed E-state index contributed by atoms with van der Waals surface area (Å²) in [5.41, 5.74) is 0. The third-order valence-corrected chi connectivity index (χ3v) is 4.47. The van der Waals surface area contributed by atoms with Crippen LogP contribution in [-0.2, 0) is 0 Å². The quantitative estimate of drug-likeness (QED) is 0.459. The van der Waals surface area contributed by atoms with Gasteiger partial charge in [-0.15, -0.1) is 0 Å². The van der Waals surface area contributed by atoms with Crippen LogP contribution in [0.4, 0.5) is 0 Å². The van der Waals surface area contributed by atoms with E-state index >= 15 is 0 Å². The van der Waals surface area contributed by atoms with Crippen molar-refractivity contribution in [1.82, 2.24) is 0 Å². The molecule has 0 aliphatic heterocycles. The second kappa shape index (κ2) is 10.8. The molecular formula is C10H22Sn. The first-order valence-corrected chi connectivity index (χ1v) is 9.93. The zero-order chi connectivity index (χ0) is 8.36. The van der Waals surface area contributed by atoms with Crippen LogP contribution in [0.3, 0.4) is 0 Å². The SMILES string of the molecule is CCCCCCCC[CH2][Sn][CH3]. The van der Waals surface area contributed by atoms with Crippen LogP contribution in [0.25, 0.3) is 0 Å². The molecule has 0 N–H and O–H groups in total. The van der Waals surface area contributed by atoms with Crippen LogP contribution in [-0.4, -0.2) is 21.1 Å². The van der Waals surface area contributed by atoms with Crippen LogP contribution in [0.15, 0.2) is 0 Å². The van der Waals surface area contributed by atoms with E-state index in [1.807, 2.05) is 0 Å². The average Bonchev–Trinajstić information content (AvgIpc) is 2.03. The van der Waals surface area contributed by atoms with Gasteiger partial charge in [-0.1, -0.05) is 0 Å². The van der Waals surface area contributed by atoms with Crippen LogP contribution in [0.1, 0.15) is 51.9 Å². The van der Waals surface area contributed by atoms with Gasteiger partial charge in [0.1, 0.15) is 0 Å². The third-order valence-electron chi connectivity index (χ3n) is 2.03. The van der Waals surface area contributed by atoms with Gasteiger partial charge in [-0.25, -0.2) is 0 Å². The summed E-state index contributed by atoms with van der Waals surface area (Å²) in [7, 11) is 0. The fourth-order valence-corrected chi connectivity index (χ4v) is 2.98. The molecule has 0 saturated heterocycles. The predicted octanol–water partition coefficient (Wildman–Crippen LogP) is 3.91. The first-order valence-electron chi connectivity index (χ1n) is 5.06. The number of hydrogen-bond donors (Lipinski definition) is 0. The van der Waals surface area contributed by atoms with Gasteiger partial charge in [0.15, 0.2) is 0 Å². The number of unbranched alkanes of at least 4 members (excludes halogenated alkanes) is 6. The summed E-state index contributed by atoms with van der Waals surface area (Å²) in [5, 5.41) is 0. The molecule has 0 spiro atoms. The minimum atomic E-state index is 0.146. The summed E-state index contributed by atoms with van der Waals surface area (Å²) in [6.45, 7) is 2.28. The van der Waals surface area contributed by atoms with Crippen molar-refractivity contribution in [1.29, 1.82) is 0 Å². The second-order valence-corrected chi connectivity index (χ2v) is 6.67. The van der Waals surface area contributed by atoms with E-state index in [4.69, 9.17) is 0 Å². The molecule has 0 aromatic heterocycles. The number of hydrogen-bond acceptors (Lipinski definition) is 0. The summed E-state index contributed by atoms with van der Waals surface area (Å²) in [5.74, 6) is 0. The van der Waals surface area contributed by atoms with E-state index in [1.54, 1.807) is 4.44 Å². The second-order valence-electron chi connectivity index (χ2n) is 3.22. The van der Waals surface area contributed by atoms with E-state index < -0.39 is 0 Å². The van der Waals surface area contributed by atoms with Crippen molar-refractivity contribution in [2.75, 3.05) is 0 Å². The normalized spacial score (nSPS) is 10.4. The zero-order valence-electron chi connectivity index (χ0n) is 8.16. The van der Waals surface area contributed by atoms with Crippen LogP contribution in [0.5, 0.6) is 0 Å². The maximum absolute atomic E-state index is 2.44. The van der Waals surface area contributed by atoms with Crippen molar-refractivity contribution in [3.05, 3.63) is 0 Å². The summed E-state index contributed by atoms with van der Waals surface area (Å²) in [4.78, 5) is 2.44. The van der Waals surface area contributed by atoms with Crippen molar-refractivity contribution in [3.8, 4) is 0 Å². The van der Waals surface area contributed by atoms with E-state index in [0.717, 1.165) is 0 Å². The molecule has 0 aliphatic rings. The van der Waals surface area contributed by atoms with Gasteiger partial charge in [-0.3, -0.25) is 0 Å². The van der Waals surface area contributed by atoms with Gasteiger partial charge in [-0.2, -0.15) is 0 Å². The topological polar surface area (TPSA) is 0 Å². The van der Waals surface area contributed by atoms with E-state index in [9.17, 15) is 0 Å². The molecule has 0 saturated carbocycles. The predicted molar refractivity (Wildman–Crippen MR) is 54.4 cm³/mol. The Kier molecular flexibility index (Phi) is 11.6. The summed E-state index contributed by atoms with van der Waals surface area (Å²) in [6, 6.07) is 0. The Bertz CT molecular complexity index is 53.9. The van der Waals surface area contributed by atoms with E-state index in [2.05, 4.69) is 11.9 Å². The molecule has 66 valence electrons. The fourth-order valence-electron chi connectivity index (χ4n) is 1.26. The van der Waals surface area contributed by atoms with Crippen LogP contribution in [0, 0.1) is 0 Å². The van der Waals surface area contributed by atoms with Gasteiger partial charge in [0.2, 0.25) is 0 Å². The van der Waals surface area contributed by atoms with E-state index in [0.29, 0.717) is 0 Å². The Hall–Kier alpha value is 0.799. The molecular weight excluding hydrogens is 239 g/mol. The van der Waals surface area contributed by atoms with E-state index in [1.165, 1.54) is 44.9 Å². The molecule has 0 heterocycles. The van der Waals surface area contributed by atoms with E-state index in [-0.39, 0.29) is 21.1 Å². The molecule has 11 heavy (non-hydrogen) atoms. The van der Waals surface area contributed by atoms with Gasteiger partial charge >= 0.3 is 82.4 Å². The van der Waals surface area contributed by atoms with Crippen molar-refractivity contribution in [3.63, 3.8) is 0 Å². The molecule has 0 unspecified atom stereocenters. The molecule has 2 radical (unpaired) electrons. The minimum absolute atomic E-state index is 0.146. The molecule has 0 aromatic carbocycles. The van der Waals surface area contributed by atoms with Gasteiger partial charge in [0.25, 0.3) is 0 Å². The first-order chi connectivity index (χ1) is 5.41. The maximum atomic E-state index is 2.44. The van der Waals surface area contributed by atoms with Crippen LogP contribution in [0.2, 0.25) is 9.38 Å². The molecule has 0 rings (SSSR count). The van der Waals surface area contributed by atoms with Crippen molar-refractivity contribution in [2.24, 2.45) is 0 Å². The molecule has 0 aliphatic carbocycles. The number of rotatable bonds is 8. The molecule has 0 amide bonds. The molecule has 0 nitrogen and oxygen atoms in total. The average molecular weight is 261 g/mol. The van der Waals surface area contributed by atoms with Crippen LogP contribution >= 0.6 is 0 Å². The van der Waals surface area contributed by atoms with Crippen molar-refractivity contribution >= 4 is 21.1 Å². The molecule has 0 bridgehead atoms. The van der Waals surface area contributed by atoms with Gasteiger partial charge in [-0.05, 0) is 0 Å². The van der Waals surface area contributed by atoms with Crippen LogP contribution < -0.4 is 0 Å². The summed E-state index contributed by atoms with van der Waals surface area (Å²) in [6.07, 6.45) is 10.3. The standard InChI is InChI=1S/C9H19.CH3.Sn/c1-3-5-7-9-8-6-4-2;;/h1,3-9H2,2H3;1H3;. The molecule has 0 atom stereocenters. The molecule has 0 aromatic rings. The third kappa shape index (κ3) is 10.8. The van der Waals surface area contributed by atoms with Crippen molar-refractivity contribution in [2.45, 2.75) is 61.2 Å². The summed E-state index contributed by atoms with van der Waals surface area (Å²) < 4.78 is 1.61. The zero-order valence-corrected chi connectivity index (χ0v) is 11.0.